The standard InChI is InChI=1S/C10H5Cl2N5O2S/c11-8-9(12)15-5-16-10(8)17-20(18,19)7-2-1-6(3-13)14-4-7/h1-2,4-5H,(H,15,16,17). The van der Waals surface area contributed by atoms with Crippen LogP contribution in [-0.4, -0.2) is 23.4 Å². The smallest absolute Gasteiger partial charge is 0.262 e. The van der Waals surface area contributed by atoms with Crippen LogP contribution in [0, 0.1) is 11.3 Å². The van der Waals surface area contributed by atoms with Gasteiger partial charge in [-0.2, -0.15) is 5.26 Å². The summed E-state index contributed by atoms with van der Waals surface area (Å²) < 4.78 is 26.3. The molecule has 2 heterocycles. The van der Waals surface area contributed by atoms with Gasteiger partial charge in [0, 0.05) is 6.20 Å². The van der Waals surface area contributed by atoms with Crippen molar-refractivity contribution in [2.24, 2.45) is 0 Å². The minimum absolute atomic E-state index is 0.0719. The van der Waals surface area contributed by atoms with E-state index in [2.05, 4.69) is 19.7 Å². The second kappa shape index (κ2) is 5.58. The molecule has 2 aromatic heterocycles. The Hall–Kier alpha value is -1.95. The third-order valence-corrected chi connectivity index (χ3v) is 4.20. The molecule has 0 aromatic carbocycles. The zero-order chi connectivity index (χ0) is 14.8. The van der Waals surface area contributed by atoms with Gasteiger partial charge >= 0.3 is 0 Å². The Kier molecular flexibility index (Phi) is 4.04. The SMILES string of the molecule is N#Cc1ccc(S(=O)(=O)Nc2ncnc(Cl)c2Cl)cn1. The van der Waals surface area contributed by atoms with Crippen molar-refractivity contribution in [3.63, 3.8) is 0 Å². The Morgan fingerprint density at radius 2 is 1.95 bits per heavy atom. The first-order valence-corrected chi connectivity index (χ1v) is 7.23. The van der Waals surface area contributed by atoms with E-state index < -0.39 is 10.0 Å². The van der Waals surface area contributed by atoms with Crippen molar-refractivity contribution in [3.8, 4) is 6.07 Å². The van der Waals surface area contributed by atoms with Crippen molar-refractivity contribution in [1.29, 1.82) is 5.26 Å². The largest absolute Gasteiger partial charge is 0.264 e. The number of hydrogen-bond donors (Lipinski definition) is 1. The zero-order valence-corrected chi connectivity index (χ0v) is 11.9. The third-order valence-electron chi connectivity index (χ3n) is 2.14. The molecule has 0 spiro atoms. The van der Waals surface area contributed by atoms with E-state index >= 15 is 0 Å². The number of rotatable bonds is 3. The molecule has 0 radical (unpaired) electrons. The number of nitrogens with one attached hydrogen (secondary N) is 1. The van der Waals surface area contributed by atoms with Crippen molar-refractivity contribution in [1.82, 2.24) is 15.0 Å². The first-order chi connectivity index (χ1) is 9.44. The fourth-order valence-corrected chi connectivity index (χ4v) is 2.51. The van der Waals surface area contributed by atoms with Gasteiger partial charge in [0.05, 0.1) is 0 Å². The Balaban J connectivity index is 2.36. The molecule has 0 atom stereocenters. The van der Waals surface area contributed by atoms with Gasteiger partial charge in [0.25, 0.3) is 10.0 Å². The fourth-order valence-electron chi connectivity index (χ4n) is 1.21. The van der Waals surface area contributed by atoms with Gasteiger partial charge in [-0.3, -0.25) is 4.72 Å². The van der Waals surface area contributed by atoms with E-state index in [1.165, 1.54) is 12.1 Å². The Morgan fingerprint density at radius 3 is 2.55 bits per heavy atom. The Bertz CT molecular complexity index is 786. The van der Waals surface area contributed by atoms with Gasteiger partial charge in [0.15, 0.2) is 11.0 Å². The average molecular weight is 330 g/mol. The zero-order valence-electron chi connectivity index (χ0n) is 9.58. The number of sulfonamides is 1. The summed E-state index contributed by atoms with van der Waals surface area (Å²) in [7, 11) is -3.93. The monoisotopic (exact) mass is 329 g/mol. The first-order valence-electron chi connectivity index (χ1n) is 4.99. The molecule has 0 aliphatic heterocycles. The third kappa shape index (κ3) is 2.96. The highest BCUT2D eigenvalue weighted by atomic mass is 35.5. The number of anilines is 1. The molecule has 0 saturated carbocycles. The first kappa shape index (κ1) is 14.5. The van der Waals surface area contributed by atoms with Crippen LogP contribution >= 0.6 is 23.2 Å². The number of aromatic nitrogens is 3. The maximum atomic E-state index is 12.1. The lowest BCUT2D eigenvalue weighted by atomic mass is 10.4. The van der Waals surface area contributed by atoms with Crippen LogP contribution in [0.1, 0.15) is 5.69 Å². The number of hydrogen-bond acceptors (Lipinski definition) is 6. The molecule has 0 bridgehead atoms. The van der Waals surface area contributed by atoms with Crippen LogP contribution in [0.2, 0.25) is 10.2 Å². The maximum absolute atomic E-state index is 12.1. The molecule has 10 heteroatoms. The van der Waals surface area contributed by atoms with Crippen molar-refractivity contribution < 1.29 is 8.42 Å². The molecule has 0 fully saturated rings. The van der Waals surface area contributed by atoms with E-state index in [1.54, 1.807) is 6.07 Å². The minimum atomic E-state index is -3.93. The molecule has 1 N–H and O–H groups in total. The summed E-state index contributed by atoms with van der Waals surface area (Å²) >= 11 is 11.5. The van der Waals surface area contributed by atoms with Gasteiger partial charge in [-0.15, -0.1) is 0 Å². The molecule has 0 unspecified atom stereocenters. The summed E-state index contributed by atoms with van der Waals surface area (Å²) in [5.41, 5.74) is 0.104. The maximum Gasteiger partial charge on any atom is 0.264 e. The highest BCUT2D eigenvalue weighted by Gasteiger charge is 2.18. The molecule has 0 amide bonds. The summed E-state index contributed by atoms with van der Waals surface area (Å²) in [6.07, 6.45) is 2.13. The van der Waals surface area contributed by atoms with Gasteiger partial charge in [-0.05, 0) is 12.1 Å². The van der Waals surface area contributed by atoms with Gasteiger partial charge in [-0.25, -0.2) is 23.4 Å². The molecule has 20 heavy (non-hydrogen) atoms. The summed E-state index contributed by atoms with van der Waals surface area (Å²) in [5, 5.41) is 8.42. The van der Waals surface area contributed by atoms with Crippen LogP contribution in [0.4, 0.5) is 5.82 Å². The van der Waals surface area contributed by atoms with Crippen LogP contribution < -0.4 is 4.72 Å². The van der Waals surface area contributed by atoms with Crippen LogP contribution in [0.3, 0.4) is 0 Å². The molecule has 2 aromatic rings. The molecular formula is C10H5Cl2N5O2S. The fraction of sp³-hybridized carbons (Fsp3) is 0. The summed E-state index contributed by atoms with van der Waals surface area (Å²) in [6, 6.07) is 4.31. The predicted octanol–water partition coefficient (Wildman–Crippen LogP) is 1.85. The van der Waals surface area contributed by atoms with Crippen LogP contribution in [-0.2, 0) is 10.0 Å². The van der Waals surface area contributed by atoms with Gasteiger partial charge < -0.3 is 0 Å². The molecular weight excluding hydrogens is 325 g/mol. The summed E-state index contributed by atoms with van der Waals surface area (Å²) in [6.45, 7) is 0. The Labute approximate surface area is 124 Å². The number of nitrogens with zero attached hydrogens (tertiary/aromatic N) is 4. The predicted molar refractivity (Wildman–Crippen MR) is 71.8 cm³/mol. The van der Waals surface area contributed by atoms with Gasteiger partial charge in [-0.1, -0.05) is 23.2 Å². The number of pyridine rings is 1. The summed E-state index contributed by atoms with van der Waals surface area (Å²) in [4.78, 5) is 10.8. The van der Waals surface area contributed by atoms with Gasteiger partial charge in [0.2, 0.25) is 0 Å². The van der Waals surface area contributed by atoms with E-state index in [9.17, 15) is 8.42 Å². The van der Waals surface area contributed by atoms with E-state index in [0.717, 1.165) is 12.5 Å². The van der Waals surface area contributed by atoms with Gasteiger partial charge in [0.1, 0.15) is 28.0 Å². The van der Waals surface area contributed by atoms with Crippen molar-refractivity contribution >= 4 is 39.0 Å². The van der Waals surface area contributed by atoms with Crippen LogP contribution in [0.15, 0.2) is 29.6 Å². The lowest BCUT2D eigenvalue weighted by Crippen LogP contribution is -2.15. The molecule has 0 aliphatic rings. The quantitative estimate of drug-likeness (QED) is 0.860. The van der Waals surface area contributed by atoms with Crippen LogP contribution in [0.5, 0.6) is 0 Å². The Morgan fingerprint density at radius 1 is 1.20 bits per heavy atom. The lowest BCUT2D eigenvalue weighted by Gasteiger charge is -2.08. The highest BCUT2D eigenvalue weighted by Crippen LogP contribution is 2.27. The van der Waals surface area contributed by atoms with E-state index in [0.29, 0.717) is 0 Å². The van der Waals surface area contributed by atoms with Crippen LogP contribution in [0.25, 0.3) is 0 Å². The molecule has 0 aliphatic carbocycles. The van der Waals surface area contributed by atoms with Crippen molar-refractivity contribution in [2.45, 2.75) is 4.90 Å². The lowest BCUT2D eigenvalue weighted by molar-refractivity contribution is 0.600. The second-order valence-corrected chi connectivity index (χ2v) is 5.84. The molecule has 2 rings (SSSR count). The van der Waals surface area contributed by atoms with E-state index in [-0.39, 0.29) is 26.6 Å². The normalized spacial score (nSPS) is 10.8. The topological polar surface area (TPSA) is 109 Å². The van der Waals surface area contributed by atoms with E-state index in [4.69, 9.17) is 28.5 Å². The van der Waals surface area contributed by atoms with Crippen molar-refractivity contribution in [3.05, 3.63) is 40.5 Å². The molecule has 0 saturated heterocycles. The highest BCUT2D eigenvalue weighted by molar-refractivity contribution is 7.92. The second-order valence-electron chi connectivity index (χ2n) is 3.42. The molecule has 102 valence electrons. The molecule has 7 nitrogen and oxygen atoms in total. The number of halogens is 2. The minimum Gasteiger partial charge on any atom is -0.262 e. The number of nitriles is 1. The van der Waals surface area contributed by atoms with Crippen molar-refractivity contribution in [2.75, 3.05) is 4.72 Å². The summed E-state index contributed by atoms with van der Waals surface area (Å²) in [5.74, 6) is -0.143. The average Bonchev–Trinajstić information content (AvgIpc) is 2.44. The van der Waals surface area contributed by atoms with E-state index in [1.807, 2.05) is 0 Å².